The molecule has 6 heteroatoms. The van der Waals surface area contributed by atoms with Crippen molar-refractivity contribution in [2.45, 2.75) is 52.3 Å². The van der Waals surface area contributed by atoms with E-state index in [0.717, 1.165) is 0 Å². The number of carboxylic acid groups (broad SMARTS) is 1. The van der Waals surface area contributed by atoms with Crippen molar-refractivity contribution in [1.29, 1.82) is 0 Å². The summed E-state index contributed by atoms with van der Waals surface area (Å²) in [5.41, 5.74) is 0.0899. The number of alkyl halides is 3. The molecule has 1 unspecified atom stereocenters. The number of nitrogens with zero attached hydrogens (tertiary/aromatic N) is 1. The summed E-state index contributed by atoms with van der Waals surface area (Å²) in [5.74, 6) is -1.01. The van der Waals surface area contributed by atoms with Crippen molar-refractivity contribution in [1.82, 2.24) is 4.90 Å². The monoisotopic (exact) mass is 281 g/mol. The zero-order valence-corrected chi connectivity index (χ0v) is 11.6. The molecule has 1 fully saturated rings. The summed E-state index contributed by atoms with van der Waals surface area (Å²) in [5, 5.41) is 8.63. The number of hydrogen-bond donors (Lipinski definition) is 1. The van der Waals surface area contributed by atoms with Gasteiger partial charge in [-0.3, -0.25) is 9.69 Å². The lowest BCUT2D eigenvalue weighted by Crippen LogP contribution is -2.51. The lowest BCUT2D eigenvalue weighted by Gasteiger charge is -2.41. The summed E-state index contributed by atoms with van der Waals surface area (Å²) in [6, 6.07) is -1.86. The quantitative estimate of drug-likeness (QED) is 0.864. The van der Waals surface area contributed by atoms with Crippen LogP contribution >= 0.6 is 0 Å². The van der Waals surface area contributed by atoms with Crippen LogP contribution in [-0.2, 0) is 4.79 Å². The number of carboxylic acids is 1. The van der Waals surface area contributed by atoms with Gasteiger partial charge >= 0.3 is 12.1 Å². The molecule has 0 aliphatic carbocycles. The van der Waals surface area contributed by atoms with E-state index in [0.29, 0.717) is 31.8 Å². The Morgan fingerprint density at radius 3 is 2.05 bits per heavy atom. The number of halogens is 3. The van der Waals surface area contributed by atoms with Gasteiger partial charge in [0.05, 0.1) is 6.42 Å². The fraction of sp³-hybridized carbons (Fsp3) is 0.923. The number of carbonyl (C=O) groups is 1. The Hall–Kier alpha value is -0.780. The molecule has 1 atom stereocenters. The third-order valence-electron chi connectivity index (χ3n) is 3.94. The summed E-state index contributed by atoms with van der Waals surface area (Å²) in [4.78, 5) is 11.9. The Kier molecular flexibility index (Phi) is 4.87. The highest BCUT2D eigenvalue weighted by Crippen LogP contribution is 2.37. The van der Waals surface area contributed by atoms with Crippen LogP contribution in [0.2, 0.25) is 0 Å². The van der Waals surface area contributed by atoms with Crippen molar-refractivity contribution in [3.63, 3.8) is 0 Å². The van der Waals surface area contributed by atoms with Crippen molar-refractivity contribution < 1.29 is 23.1 Å². The zero-order valence-electron chi connectivity index (χ0n) is 11.6. The third-order valence-corrected chi connectivity index (χ3v) is 3.94. The van der Waals surface area contributed by atoms with Crippen LogP contribution in [0.25, 0.3) is 0 Å². The van der Waals surface area contributed by atoms with E-state index < -0.39 is 24.6 Å². The molecule has 1 aliphatic rings. The van der Waals surface area contributed by atoms with Gasteiger partial charge in [0.2, 0.25) is 0 Å². The van der Waals surface area contributed by atoms with Gasteiger partial charge in [0, 0.05) is 0 Å². The van der Waals surface area contributed by atoms with Crippen LogP contribution in [0.3, 0.4) is 0 Å². The molecule has 1 rings (SSSR count). The molecular formula is C13H22F3NO2. The van der Waals surface area contributed by atoms with E-state index in [-0.39, 0.29) is 5.41 Å². The second-order valence-corrected chi connectivity index (χ2v) is 6.33. The zero-order chi connectivity index (χ0) is 14.8. The van der Waals surface area contributed by atoms with Crippen molar-refractivity contribution >= 4 is 5.97 Å². The highest BCUT2D eigenvalue weighted by Gasteiger charge is 2.46. The van der Waals surface area contributed by atoms with Gasteiger partial charge in [0.15, 0.2) is 0 Å². The Morgan fingerprint density at radius 1 is 1.26 bits per heavy atom. The largest absolute Gasteiger partial charge is 0.481 e. The highest BCUT2D eigenvalue weighted by molar-refractivity contribution is 5.67. The van der Waals surface area contributed by atoms with E-state index in [2.05, 4.69) is 20.8 Å². The van der Waals surface area contributed by atoms with Gasteiger partial charge in [-0.15, -0.1) is 0 Å². The van der Waals surface area contributed by atoms with Gasteiger partial charge in [-0.2, -0.15) is 13.2 Å². The summed E-state index contributed by atoms with van der Waals surface area (Å²) in [6.07, 6.45) is -3.97. The number of hydrogen-bond acceptors (Lipinski definition) is 2. The van der Waals surface area contributed by atoms with Crippen LogP contribution in [0.4, 0.5) is 13.2 Å². The second-order valence-electron chi connectivity index (χ2n) is 6.33. The Balaban J connectivity index is 2.67. The lowest BCUT2D eigenvalue weighted by molar-refractivity contribution is -0.194. The maximum atomic E-state index is 12.9. The van der Waals surface area contributed by atoms with E-state index in [9.17, 15) is 18.0 Å². The second kappa shape index (κ2) is 5.69. The first-order valence-corrected chi connectivity index (χ1v) is 6.54. The molecule has 0 aromatic heterocycles. The smallest absolute Gasteiger partial charge is 0.404 e. The Labute approximate surface area is 111 Å². The molecule has 0 aromatic carbocycles. The number of piperidine rings is 1. The molecule has 1 aliphatic heterocycles. The van der Waals surface area contributed by atoms with E-state index in [1.54, 1.807) is 0 Å². The van der Waals surface area contributed by atoms with E-state index in [4.69, 9.17) is 5.11 Å². The molecule has 0 amide bonds. The fourth-order valence-electron chi connectivity index (χ4n) is 2.69. The van der Waals surface area contributed by atoms with Gasteiger partial charge in [-0.25, -0.2) is 0 Å². The Morgan fingerprint density at radius 2 is 1.74 bits per heavy atom. The fourth-order valence-corrected chi connectivity index (χ4v) is 2.69. The summed E-state index contributed by atoms with van der Waals surface area (Å²) < 4.78 is 38.7. The van der Waals surface area contributed by atoms with E-state index >= 15 is 0 Å². The standard InChI is InChI=1S/C13H22F3NO2/c1-12(2,3)9-4-6-17(7-5-9)10(8-11(18)19)13(14,15)16/h9-10H,4-8H2,1-3H3,(H,18,19). The molecule has 0 bridgehead atoms. The SMILES string of the molecule is CC(C)(C)C1CCN(C(CC(=O)O)C(F)(F)F)CC1. The molecular weight excluding hydrogens is 259 g/mol. The maximum absolute atomic E-state index is 12.9. The van der Waals surface area contributed by atoms with Crippen LogP contribution in [0, 0.1) is 11.3 Å². The summed E-state index contributed by atoms with van der Waals surface area (Å²) >= 11 is 0. The first-order valence-electron chi connectivity index (χ1n) is 6.54. The Bertz CT molecular complexity index is 315. The van der Waals surface area contributed by atoms with Gasteiger partial charge < -0.3 is 5.11 Å². The van der Waals surface area contributed by atoms with Crippen molar-refractivity contribution in [3.8, 4) is 0 Å². The normalized spacial score (nSPS) is 21.4. The van der Waals surface area contributed by atoms with Crippen LogP contribution in [-0.4, -0.2) is 41.3 Å². The molecule has 112 valence electrons. The van der Waals surface area contributed by atoms with Crippen LogP contribution in [0.1, 0.15) is 40.0 Å². The van der Waals surface area contributed by atoms with Gasteiger partial charge in [0.25, 0.3) is 0 Å². The first-order chi connectivity index (χ1) is 8.51. The molecule has 1 N–H and O–H groups in total. The molecule has 0 spiro atoms. The maximum Gasteiger partial charge on any atom is 0.404 e. The minimum Gasteiger partial charge on any atom is -0.481 e. The molecule has 19 heavy (non-hydrogen) atoms. The van der Waals surface area contributed by atoms with Crippen LogP contribution in [0.5, 0.6) is 0 Å². The van der Waals surface area contributed by atoms with E-state index in [1.165, 1.54) is 4.90 Å². The van der Waals surface area contributed by atoms with Crippen LogP contribution in [0.15, 0.2) is 0 Å². The number of likely N-dealkylation sites (tertiary alicyclic amines) is 1. The highest BCUT2D eigenvalue weighted by atomic mass is 19.4. The lowest BCUT2D eigenvalue weighted by atomic mass is 9.75. The number of aliphatic carboxylic acids is 1. The molecule has 0 radical (unpaired) electrons. The first kappa shape index (κ1) is 16.3. The van der Waals surface area contributed by atoms with Crippen molar-refractivity contribution in [2.75, 3.05) is 13.1 Å². The molecule has 1 heterocycles. The van der Waals surface area contributed by atoms with Gasteiger partial charge in [0.1, 0.15) is 6.04 Å². The average Bonchev–Trinajstić information content (AvgIpc) is 2.23. The predicted octanol–water partition coefficient (Wildman–Crippen LogP) is 3.15. The van der Waals surface area contributed by atoms with Gasteiger partial charge in [-0.1, -0.05) is 20.8 Å². The van der Waals surface area contributed by atoms with Crippen molar-refractivity contribution in [2.24, 2.45) is 11.3 Å². The average molecular weight is 281 g/mol. The molecule has 0 aromatic rings. The van der Waals surface area contributed by atoms with Crippen LogP contribution < -0.4 is 0 Å². The summed E-state index contributed by atoms with van der Waals surface area (Å²) in [6.45, 7) is 6.90. The minimum absolute atomic E-state index is 0.0899. The predicted molar refractivity (Wildman–Crippen MR) is 65.8 cm³/mol. The van der Waals surface area contributed by atoms with Crippen molar-refractivity contribution in [3.05, 3.63) is 0 Å². The third kappa shape index (κ3) is 4.67. The van der Waals surface area contributed by atoms with Gasteiger partial charge in [-0.05, 0) is 37.3 Å². The topological polar surface area (TPSA) is 40.5 Å². The summed E-state index contributed by atoms with van der Waals surface area (Å²) in [7, 11) is 0. The number of rotatable bonds is 3. The molecule has 0 saturated carbocycles. The van der Waals surface area contributed by atoms with E-state index in [1.807, 2.05) is 0 Å². The molecule has 1 saturated heterocycles. The molecule has 3 nitrogen and oxygen atoms in total. The minimum atomic E-state index is -4.48.